The summed E-state index contributed by atoms with van der Waals surface area (Å²) in [7, 11) is 0. The lowest BCUT2D eigenvalue weighted by Gasteiger charge is -2.30. The smallest absolute Gasteiger partial charge is 0.0566 e. The minimum atomic E-state index is -0.363. The van der Waals surface area contributed by atoms with E-state index in [0.717, 1.165) is 19.3 Å². The zero-order chi connectivity index (χ0) is 15.0. The average Bonchev–Trinajstić information content (AvgIpc) is 2.45. The van der Waals surface area contributed by atoms with Crippen LogP contribution in [0.15, 0.2) is 0 Å². The Morgan fingerprint density at radius 1 is 1.10 bits per heavy atom. The summed E-state index contributed by atoms with van der Waals surface area (Å²) < 4.78 is 0. The molecule has 3 nitrogen and oxygen atoms in total. The predicted octanol–water partition coefficient (Wildman–Crippen LogP) is 3.22. The molecule has 0 bridgehead atoms. The molecule has 1 fully saturated rings. The number of hydrogen-bond acceptors (Lipinski definition) is 3. The third-order valence-electron chi connectivity index (χ3n) is 4.95. The van der Waals surface area contributed by atoms with Crippen LogP contribution in [0.5, 0.6) is 0 Å². The Morgan fingerprint density at radius 3 is 2.35 bits per heavy atom. The summed E-state index contributed by atoms with van der Waals surface area (Å²) >= 11 is 0. The molecule has 0 spiro atoms. The predicted molar refractivity (Wildman–Crippen MR) is 84.5 cm³/mol. The van der Waals surface area contributed by atoms with Crippen LogP contribution in [0.2, 0.25) is 0 Å². The molecule has 0 radical (unpaired) electrons. The first-order chi connectivity index (χ1) is 9.54. The van der Waals surface area contributed by atoms with E-state index < -0.39 is 0 Å². The highest BCUT2D eigenvalue weighted by Gasteiger charge is 2.24. The summed E-state index contributed by atoms with van der Waals surface area (Å²) in [5, 5.41) is 20.2. The van der Waals surface area contributed by atoms with E-state index in [1.165, 1.54) is 32.1 Å². The third-order valence-corrected chi connectivity index (χ3v) is 4.95. The average molecular weight is 285 g/mol. The molecule has 0 aliphatic heterocycles. The first-order valence-electron chi connectivity index (χ1n) is 8.66. The number of hydrogen-bond donors (Lipinski definition) is 3. The van der Waals surface area contributed by atoms with Crippen molar-refractivity contribution >= 4 is 0 Å². The Kier molecular flexibility index (Phi) is 8.74. The van der Waals surface area contributed by atoms with E-state index in [2.05, 4.69) is 6.92 Å². The Hall–Kier alpha value is -0.120. The van der Waals surface area contributed by atoms with Gasteiger partial charge in [-0.15, -0.1) is 0 Å². The maximum atomic E-state index is 10.2. The van der Waals surface area contributed by atoms with E-state index in [1.807, 2.05) is 6.92 Å². The summed E-state index contributed by atoms with van der Waals surface area (Å²) in [5.41, 5.74) is 6.26. The van der Waals surface area contributed by atoms with Crippen molar-refractivity contribution in [2.75, 3.05) is 0 Å². The minimum absolute atomic E-state index is 0.130. The van der Waals surface area contributed by atoms with Gasteiger partial charge in [0.05, 0.1) is 12.2 Å². The van der Waals surface area contributed by atoms with Gasteiger partial charge in [0.1, 0.15) is 0 Å². The van der Waals surface area contributed by atoms with Crippen LogP contribution in [0.1, 0.15) is 78.1 Å². The van der Waals surface area contributed by atoms with Crippen LogP contribution in [0.25, 0.3) is 0 Å². The molecular weight excluding hydrogens is 250 g/mol. The van der Waals surface area contributed by atoms with Gasteiger partial charge in [0, 0.05) is 6.04 Å². The highest BCUT2D eigenvalue weighted by molar-refractivity contribution is 4.80. The van der Waals surface area contributed by atoms with Crippen molar-refractivity contribution in [3.8, 4) is 0 Å². The van der Waals surface area contributed by atoms with E-state index in [4.69, 9.17) is 5.73 Å². The van der Waals surface area contributed by atoms with Gasteiger partial charge in [-0.2, -0.15) is 0 Å². The standard InChI is InChI=1S/C17H35NO2/c1-3-4-10-17(20)13(2)11-15(19)12-16(18)14-8-6-5-7-9-14/h13-17,19-20H,3-12,18H2,1-2H3/t13?,15-,16?,17?/m0/s1. The molecule has 0 aromatic carbocycles. The third kappa shape index (κ3) is 6.55. The first kappa shape index (κ1) is 17.9. The summed E-state index contributed by atoms with van der Waals surface area (Å²) in [5.74, 6) is 0.758. The van der Waals surface area contributed by atoms with Gasteiger partial charge in [0.25, 0.3) is 0 Å². The van der Waals surface area contributed by atoms with Crippen LogP contribution in [0.3, 0.4) is 0 Å². The van der Waals surface area contributed by atoms with Crippen molar-refractivity contribution < 1.29 is 10.2 Å². The lowest BCUT2D eigenvalue weighted by atomic mass is 9.81. The van der Waals surface area contributed by atoms with Crippen molar-refractivity contribution in [3.63, 3.8) is 0 Å². The van der Waals surface area contributed by atoms with E-state index in [1.54, 1.807) is 0 Å². The lowest BCUT2D eigenvalue weighted by molar-refractivity contribution is 0.0534. The van der Waals surface area contributed by atoms with Gasteiger partial charge >= 0.3 is 0 Å². The molecule has 20 heavy (non-hydrogen) atoms. The minimum Gasteiger partial charge on any atom is -0.393 e. The van der Waals surface area contributed by atoms with Crippen LogP contribution < -0.4 is 5.73 Å². The molecule has 4 N–H and O–H groups in total. The van der Waals surface area contributed by atoms with E-state index in [9.17, 15) is 10.2 Å². The fourth-order valence-corrected chi connectivity index (χ4v) is 3.45. The molecule has 0 aromatic rings. The Morgan fingerprint density at radius 2 is 1.75 bits per heavy atom. The van der Waals surface area contributed by atoms with E-state index >= 15 is 0 Å². The molecule has 0 amide bonds. The van der Waals surface area contributed by atoms with Gasteiger partial charge in [-0.25, -0.2) is 0 Å². The van der Waals surface area contributed by atoms with Crippen LogP contribution in [0, 0.1) is 11.8 Å². The molecular formula is C17H35NO2. The fraction of sp³-hybridized carbons (Fsp3) is 1.00. The van der Waals surface area contributed by atoms with Crippen LogP contribution in [-0.2, 0) is 0 Å². The molecule has 3 heteroatoms. The van der Waals surface area contributed by atoms with Gasteiger partial charge in [-0.1, -0.05) is 46.0 Å². The number of rotatable bonds is 9. The molecule has 0 saturated heterocycles. The first-order valence-corrected chi connectivity index (χ1v) is 8.66. The van der Waals surface area contributed by atoms with E-state index in [0.29, 0.717) is 18.8 Å². The maximum Gasteiger partial charge on any atom is 0.0566 e. The second kappa shape index (κ2) is 9.75. The van der Waals surface area contributed by atoms with Gasteiger partial charge < -0.3 is 15.9 Å². The number of aliphatic hydroxyl groups excluding tert-OH is 2. The molecule has 0 aromatic heterocycles. The lowest BCUT2D eigenvalue weighted by Crippen LogP contribution is -2.36. The quantitative estimate of drug-likeness (QED) is 0.609. The van der Waals surface area contributed by atoms with E-state index in [-0.39, 0.29) is 24.2 Å². The van der Waals surface area contributed by atoms with Gasteiger partial charge in [-0.05, 0) is 43.9 Å². The highest BCUT2D eigenvalue weighted by Crippen LogP contribution is 2.28. The normalized spacial score (nSPS) is 23.2. The Bertz CT molecular complexity index is 241. The van der Waals surface area contributed by atoms with Crippen LogP contribution >= 0.6 is 0 Å². The topological polar surface area (TPSA) is 66.5 Å². The number of nitrogens with two attached hydrogens (primary N) is 1. The second-order valence-corrected chi connectivity index (χ2v) is 6.87. The van der Waals surface area contributed by atoms with Crippen molar-refractivity contribution in [1.29, 1.82) is 0 Å². The monoisotopic (exact) mass is 285 g/mol. The fourth-order valence-electron chi connectivity index (χ4n) is 3.45. The molecule has 1 aliphatic rings. The summed E-state index contributed by atoms with van der Waals surface area (Å²) in [4.78, 5) is 0. The molecule has 1 saturated carbocycles. The number of unbranched alkanes of at least 4 members (excludes halogenated alkanes) is 1. The van der Waals surface area contributed by atoms with Crippen molar-refractivity contribution in [3.05, 3.63) is 0 Å². The maximum absolute atomic E-state index is 10.2. The second-order valence-electron chi connectivity index (χ2n) is 6.87. The molecule has 120 valence electrons. The Balaban J connectivity index is 2.25. The summed E-state index contributed by atoms with van der Waals surface area (Å²) in [6.07, 6.45) is 10.1. The molecule has 1 aliphatic carbocycles. The molecule has 4 atom stereocenters. The zero-order valence-electron chi connectivity index (χ0n) is 13.4. The molecule has 3 unspecified atom stereocenters. The summed E-state index contributed by atoms with van der Waals surface area (Å²) in [6.45, 7) is 4.17. The van der Waals surface area contributed by atoms with Gasteiger partial charge in [0.2, 0.25) is 0 Å². The van der Waals surface area contributed by atoms with Crippen molar-refractivity contribution in [2.45, 2.75) is 96.3 Å². The Labute approximate surface area is 125 Å². The van der Waals surface area contributed by atoms with Crippen LogP contribution in [0.4, 0.5) is 0 Å². The number of aliphatic hydroxyl groups is 2. The van der Waals surface area contributed by atoms with Gasteiger partial charge in [-0.3, -0.25) is 0 Å². The zero-order valence-corrected chi connectivity index (χ0v) is 13.4. The molecule has 0 heterocycles. The molecule has 1 rings (SSSR count). The van der Waals surface area contributed by atoms with Crippen molar-refractivity contribution in [2.24, 2.45) is 17.6 Å². The van der Waals surface area contributed by atoms with Crippen LogP contribution in [-0.4, -0.2) is 28.5 Å². The highest BCUT2D eigenvalue weighted by atomic mass is 16.3. The van der Waals surface area contributed by atoms with Crippen molar-refractivity contribution in [1.82, 2.24) is 0 Å². The SMILES string of the molecule is CCCCC(O)C(C)C[C@H](O)CC(N)C1CCCCC1. The summed E-state index contributed by atoms with van der Waals surface area (Å²) in [6, 6.07) is 0.130. The van der Waals surface area contributed by atoms with Gasteiger partial charge in [0.15, 0.2) is 0 Å². The largest absolute Gasteiger partial charge is 0.393 e.